The van der Waals surface area contributed by atoms with Gasteiger partial charge in [-0.2, -0.15) is 0 Å². The van der Waals surface area contributed by atoms with Crippen molar-refractivity contribution in [3.05, 3.63) is 60.0 Å². The second-order valence-electron chi connectivity index (χ2n) is 4.18. The van der Waals surface area contributed by atoms with Crippen LogP contribution >= 0.6 is 0 Å². The number of ether oxygens (including phenoxy) is 1. The SMILES string of the molecule is OCCC1(OCc2ccccc2)C=CC(O)=CN1. The van der Waals surface area contributed by atoms with Gasteiger partial charge in [-0.15, -0.1) is 0 Å². The molecule has 1 heterocycles. The predicted molar refractivity (Wildman–Crippen MR) is 68.7 cm³/mol. The van der Waals surface area contributed by atoms with Crippen LogP contribution in [-0.4, -0.2) is 22.5 Å². The number of rotatable bonds is 5. The fourth-order valence-corrected chi connectivity index (χ4v) is 1.78. The molecule has 0 spiro atoms. The first kappa shape index (κ1) is 12.7. The predicted octanol–water partition coefficient (Wildman–Crippen LogP) is 1.84. The highest BCUT2D eigenvalue weighted by Gasteiger charge is 2.28. The van der Waals surface area contributed by atoms with E-state index >= 15 is 0 Å². The van der Waals surface area contributed by atoms with Crippen LogP contribution in [0.2, 0.25) is 0 Å². The lowest BCUT2D eigenvalue weighted by atomic mass is 10.1. The highest BCUT2D eigenvalue weighted by atomic mass is 16.5. The van der Waals surface area contributed by atoms with E-state index in [-0.39, 0.29) is 12.4 Å². The van der Waals surface area contributed by atoms with Gasteiger partial charge in [-0.05, 0) is 17.7 Å². The Morgan fingerprint density at radius 3 is 2.61 bits per heavy atom. The molecule has 96 valence electrons. The van der Waals surface area contributed by atoms with Gasteiger partial charge in [0.1, 0.15) is 5.76 Å². The Hall–Kier alpha value is -1.78. The Bertz CT molecular complexity index is 442. The van der Waals surface area contributed by atoms with Gasteiger partial charge in [0.15, 0.2) is 5.72 Å². The molecule has 0 bridgehead atoms. The maximum Gasteiger partial charge on any atom is 0.160 e. The van der Waals surface area contributed by atoms with Gasteiger partial charge in [-0.1, -0.05) is 30.3 Å². The molecular weight excluding hydrogens is 230 g/mol. The first-order valence-corrected chi connectivity index (χ1v) is 5.89. The maximum absolute atomic E-state index is 9.29. The molecule has 18 heavy (non-hydrogen) atoms. The van der Waals surface area contributed by atoms with Crippen LogP contribution in [0.4, 0.5) is 0 Å². The molecular formula is C14H17NO3. The third-order valence-corrected chi connectivity index (χ3v) is 2.81. The summed E-state index contributed by atoms with van der Waals surface area (Å²) in [7, 11) is 0. The van der Waals surface area contributed by atoms with Crippen molar-refractivity contribution >= 4 is 0 Å². The lowest BCUT2D eigenvalue weighted by Crippen LogP contribution is -2.45. The Kier molecular flexibility index (Phi) is 4.02. The standard InChI is InChI=1S/C14H17NO3/c16-9-8-14(7-6-13(17)10-15-14)18-11-12-4-2-1-3-5-12/h1-7,10,15-17H,8-9,11H2. The zero-order chi connectivity index (χ0) is 12.8. The van der Waals surface area contributed by atoms with Gasteiger partial charge in [-0.3, -0.25) is 0 Å². The van der Waals surface area contributed by atoms with Crippen molar-refractivity contribution in [2.45, 2.75) is 18.8 Å². The Morgan fingerprint density at radius 2 is 2.00 bits per heavy atom. The number of aliphatic hydroxyl groups is 2. The summed E-state index contributed by atoms with van der Waals surface area (Å²) in [5, 5.41) is 21.4. The van der Waals surface area contributed by atoms with E-state index in [1.54, 1.807) is 12.2 Å². The topological polar surface area (TPSA) is 61.7 Å². The number of nitrogens with one attached hydrogen (secondary N) is 1. The van der Waals surface area contributed by atoms with Crippen LogP contribution in [0.3, 0.4) is 0 Å². The molecule has 1 aliphatic heterocycles. The highest BCUT2D eigenvalue weighted by molar-refractivity contribution is 5.21. The van der Waals surface area contributed by atoms with Crippen LogP contribution in [0, 0.1) is 0 Å². The van der Waals surface area contributed by atoms with Gasteiger partial charge in [0.05, 0.1) is 6.61 Å². The minimum atomic E-state index is -0.753. The molecule has 4 heteroatoms. The van der Waals surface area contributed by atoms with E-state index in [1.807, 2.05) is 30.3 Å². The van der Waals surface area contributed by atoms with Gasteiger partial charge in [-0.25, -0.2) is 0 Å². The van der Waals surface area contributed by atoms with Crippen LogP contribution in [0.5, 0.6) is 0 Å². The van der Waals surface area contributed by atoms with Crippen molar-refractivity contribution in [2.24, 2.45) is 0 Å². The van der Waals surface area contributed by atoms with Crippen LogP contribution in [0.1, 0.15) is 12.0 Å². The smallest absolute Gasteiger partial charge is 0.160 e. The second-order valence-corrected chi connectivity index (χ2v) is 4.18. The summed E-state index contributed by atoms with van der Waals surface area (Å²) >= 11 is 0. The quantitative estimate of drug-likeness (QED) is 0.743. The molecule has 3 N–H and O–H groups in total. The van der Waals surface area contributed by atoms with Crippen molar-refractivity contribution in [1.82, 2.24) is 5.32 Å². The van der Waals surface area contributed by atoms with E-state index in [0.29, 0.717) is 13.0 Å². The Labute approximate surface area is 106 Å². The molecule has 1 aromatic rings. The fraction of sp³-hybridized carbons (Fsp3) is 0.286. The van der Waals surface area contributed by atoms with Crippen LogP contribution in [0.15, 0.2) is 54.4 Å². The average molecular weight is 247 g/mol. The Balaban J connectivity index is 2.02. The number of dihydropyridines is 1. The third kappa shape index (κ3) is 3.12. The van der Waals surface area contributed by atoms with E-state index in [0.717, 1.165) is 5.56 Å². The maximum atomic E-state index is 9.29. The molecule has 0 amide bonds. The van der Waals surface area contributed by atoms with Gasteiger partial charge in [0.25, 0.3) is 0 Å². The first-order chi connectivity index (χ1) is 8.74. The largest absolute Gasteiger partial charge is 0.506 e. The van der Waals surface area contributed by atoms with Crippen molar-refractivity contribution in [2.75, 3.05) is 6.61 Å². The first-order valence-electron chi connectivity index (χ1n) is 5.89. The number of hydrogen-bond donors (Lipinski definition) is 3. The summed E-state index contributed by atoms with van der Waals surface area (Å²) in [5.74, 6) is 0.145. The molecule has 0 aromatic heterocycles. The zero-order valence-electron chi connectivity index (χ0n) is 10.0. The number of aliphatic hydroxyl groups excluding tert-OH is 2. The molecule has 0 aliphatic carbocycles. The zero-order valence-corrected chi connectivity index (χ0v) is 10.0. The van der Waals surface area contributed by atoms with E-state index in [2.05, 4.69) is 5.32 Å². The molecule has 1 unspecified atom stereocenters. The second kappa shape index (κ2) is 5.71. The van der Waals surface area contributed by atoms with E-state index in [1.165, 1.54) is 6.20 Å². The summed E-state index contributed by atoms with van der Waals surface area (Å²) in [6, 6.07) is 9.81. The summed E-state index contributed by atoms with van der Waals surface area (Å²) in [6.45, 7) is 0.438. The van der Waals surface area contributed by atoms with Crippen molar-refractivity contribution < 1.29 is 14.9 Å². The normalized spacial score (nSPS) is 22.4. The molecule has 1 atom stereocenters. The molecule has 2 rings (SSSR count). The minimum Gasteiger partial charge on any atom is -0.506 e. The van der Waals surface area contributed by atoms with Gasteiger partial charge in [0, 0.05) is 19.2 Å². The minimum absolute atomic E-state index is 0.000726. The van der Waals surface area contributed by atoms with E-state index in [4.69, 9.17) is 9.84 Å². The van der Waals surface area contributed by atoms with Gasteiger partial charge in [0.2, 0.25) is 0 Å². The molecule has 4 nitrogen and oxygen atoms in total. The van der Waals surface area contributed by atoms with Crippen LogP contribution in [0.25, 0.3) is 0 Å². The summed E-state index contributed by atoms with van der Waals surface area (Å²) in [6.07, 6.45) is 5.18. The molecule has 1 aromatic carbocycles. The fourth-order valence-electron chi connectivity index (χ4n) is 1.78. The average Bonchev–Trinajstić information content (AvgIpc) is 2.41. The van der Waals surface area contributed by atoms with E-state index in [9.17, 15) is 5.11 Å². The lowest BCUT2D eigenvalue weighted by Gasteiger charge is -2.32. The highest BCUT2D eigenvalue weighted by Crippen LogP contribution is 2.21. The van der Waals surface area contributed by atoms with Gasteiger partial charge >= 0.3 is 0 Å². The summed E-state index contributed by atoms with van der Waals surface area (Å²) in [5.41, 5.74) is 0.306. The van der Waals surface area contributed by atoms with Crippen LogP contribution < -0.4 is 5.32 Å². The van der Waals surface area contributed by atoms with Crippen molar-refractivity contribution in [3.8, 4) is 0 Å². The van der Waals surface area contributed by atoms with Crippen molar-refractivity contribution in [3.63, 3.8) is 0 Å². The molecule has 0 fully saturated rings. The number of hydrogen-bond acceptors (Lipinski definition) is 4. The van der Waals surface area contributed by atoms with Crippen LogP contribution in [-0.2, 0) is 11.3 Å². The Morgan fingerprint density at radius 1 is 1.22 bits per heavy atom. The molecule has 0 saturated carbocycles. The van der Waals surface area contributed by atoms with Crippen molar-refractivity contribution in [1.29, 1.82) is 0 Å². The summed E-state index contributed by atoms with van der Waals surface area (Å²) < 4.78 is 5.83. The number of allylic oxidation sites excluding steroid dienone is 1. The molecule has 0 saturated heterocycles. The third-order valence-electron chi connectivity index (χ3n) is 2.81. The molecule has 0 radical (unpaired) electrons. The number of benzene rings is 1. The molecule has 1 aliphatic rings. The van der Waals surface area contributed by atoms with Gasteiger partial charge < -0.3 is 20.3 Å². The summed E-state index contributed by atoms with van der Waals surface area (Å²) in [4.78, 5) is 0. The van der Waals surface area contributed by atoms with E-state index < -0.39 is 5.72 Å². The lowest BCUT2D eigenvalue weighted by molar-refractivity contribution is -0.0517. The monoisotopic (exact) mass is 247 g/mol.